The van der Waals surface area contributed by atoms with Gasteiger partial charge in [-0.2, -0.15) is 0 Å². The summed E-state index contributed by atoms with van der Waals surface area (Å²) in [7, 11) is 0. The standard InChI is InChI=1S/C26H20/c1-26(2,3)16-15-17-13-14-23-21-11-5-8-18-7-4-10-20(24(18)21)22-12-6-9-19(17)25(22)23/h4-14H,1-3H3. The summed E-state index contributed by atoms with van der Waals surface area (Å²) in [5.41, 5.74) is 1.12. The maximum Gasteiger partial charge on any atom is 0.0324 e. The Hall–Kier alpha value is -3.04. The van der Waals surface area contributed by atoms with E-state index in [2.05, 4.69) is 99.3 Å². The minimum atomic E-state index is -0.00212. The summed E-state index contributed by atoms with van der Waals surface area (Å²) >= 11 is 0. The van der Waals surface area contributed by atoms with Crippen LogP contribution in [0.25, 0.3) is 43.1 Å². The van der Waals surface area contributed by atoms with Crippen LogP contribution < -0.4 is 0 Å². The van der Waals surface area contributed by atoms with Crippen molar-refractivity contribution in [2.24, 2.45) is 5.41 Å². The van der Waals surface area contributed by atoms with E-state index in [9.17, 15) is 0 Å². The molecule has 0 radical (unpaired) electrons. The lowest BCUT2D eigenvalue weighted by Crippen LogP contribution is -1.99. The lowest BCUT2D eigenvalue weighted by Gasteiger charge is -2.15. The van der Waals surface area contributed by atoms with E-state index < -0.39 is 0 Å². The molecule has 5 aromatic carbocycles. The van der Waals surface area contributed by atoms with Gasteiger partial charge in [-0.3, -0.25) is 0 Å². The summed E-state index contributed by atoms with van der Waals surface area (Å²) in [5.74, 6) is 6.82. The molecule has 0 aliphatic rings. The van der Waals surface area contributed by atoms with Crippen LogP contribution in [0.4, 0.5) is 0 Å². The van der Waals surface area contributed by atoms with Crippen molar-refractivity contribution in [1.29, 1.82) is 0 Å². The molecule has 0 N–H and O–H groups in total. The van der Waals surface area contributed by atoms with Crippen molar-refractivity contribution in [2.75, 3.05) is 0 Å². The van der Waals surface area contributed by atoms with Crippen LogP contribution in [0.15, 0.2) is 66.7 Å². The van der Waals surface area contributed by atoms with Crippen molar-refractivity contribution in [3.05, 3.63) is 72.3 Å². The first kappa shape index (κ1) is 15.2. The van der Waals surface area contributed by atoms with Gasteiger partial charge in [0.1, 0.15) is 0 Å². The summed E-state index contributed by atoms with van der Waals surface area (Å²) in [6.45, 7) is 6.46. The Kier molecular flexibility index (Phi) is 3.06. The van der Waals surface area contributed by atoms with Gasteiger partial charge in [-0.05, 0) is 69.9 Å². The molecule has 124 valence electrons. The highest BCUT2D eigenvalue weighted by atomic mass is 14.2. The van der Waals surface area contributed by atoms with Gasteiger partial charge < -0.3 is 0 Å². The van der Waals surface area contributed by atoms with Crippen molar-refractivity contribution in [2.45, 2.75) is 20.8 Å². The van der Waals surface area contributed by atoms with Crippen LogP contribution in [-0.2, 0) is 0 Å². The molecule has 0 amide bonds. The molecule has 0 heterocycles. The summed E-state index contributed by atoms with van der Waals surface area (Å²) in [5, 5.41) is 10.6. The molecule has 0 aliphatic heterocycles. The molecule has 0 saturated carbocycles. The maximum absolute atomic E-state index is 3.43. The molecule has 26 heavy (non-hydrogen) atoms. The zero-order valence-corrected chi connectivity index (χ0v) is 15.4. The molecule has 5 rings (SSSR count). The monoisotopic (exact) mass is 332 g/mol. The van der Waals surface area contributed by atoms with Crippen LogP contribution in [0.2, 0.25) is 0 Å². The lowest BCUT2D eigenvalue weighted by atomic mass is 9.88. The average molecular weight is 332 g/mol. The molecule has 0 spiro atoms. The van der Waals surface area contributed by atoms with Gasteiger partial charge >= 0.3 is 0 Å². The molecular weight excluding hydrogens is 312 g/mol. The quantitative estimate of drug-likeness (QED) is 0.161. The molecular formula is C26H20. The zero-order valence-electron chi connectivity index (χ0n) is 15.4. The third-order valence-electron chi connectivity index (χ3n) is 5.10. The summed E-state index contributed by atoms with van der Waals surface area (Å²) in [6.07, 6.45) is 0. The van der Waals surface area contributed by atoms with Gasteiger partial charge in [-0.1, -0.05) is 72.5 Å². The fourth-order valence-electron chi connectivity index (χ4n) is 4.01. The van der Waals surface area contributed by atoms with E-state index in [4.69, 9.17) is 0 Å². The highest BCUT2D eigenvalue weighted by molar-refractivity contribution is 6.33. The SMILES string of the molecule is CC(C)(C)C#Cc1ccc2c3cccc4cccc(c5cccc1c52)c43. The maximum atomic E-state index is 3.43. The van der Waals surface area contributed by atoms with Crippen molar-refractivity contribution in [3.63, 3.8) is 0 Å². The van der Waals surface area contributed by atoms with Crippen molar-refractivity contribution < 1.29 is 0 Å². The molecule has 0 atom stereocenters. The van der Waals surface area contributed by atoms with Crippen LogP contribution in [0.1, 0.15) is 26.3 Å². The molecule has 0 heteroatoms. The fourth-order valence-corrected chi connectivity index (χ4v) is 4.01. The summed E-state index contributed by atoms with van der Waals surface area (Å²) in [6, 6.07) is 24.3. The number of hydrogen-bond donors (Lipinski definition) is 0. The van der Waals surface area contributed by atoms with Gasteiger partial charge in [-0.15, -0.1) is 0 Å². The van der Waals surface area contributed by atoms with Gasteiger partial charge in [0.2, 0.25) is 0 Å². The average Bonchev–Trinajstić information content (AvgIpc) is 2.64. The molecule has 0 aromatic heterocycles. The van der Waals surface area contributed by atoms with Gasteiger partial charge in [-0.25, -0.2) is 0 Å². The smallest absolute Gasteiger partial charge is 0.0324 e. The Balaban J connectivity index is 2.01. The second-order valence-electron chi connectivity index (χ2n) is 8.10. The largest absolute Gasteiger partial charge is 0.0919 e. The molecule has 0 saturated heterocycles. The van der Waals surface area contributed by atoms with E-state index in [0.29, 0.717) is 0 Å². The highest BCUT2D eigenvalue weighted by Crippen LogP contribution is 2.40. The van der Waals surface area contributed by atoms with Crippen LogP contribution in [-0.4, -0.2) is 0 Å². The third-order valence-corrected chi connectivity index (χ3v) is 5.10. The fraction of sp³-hybridized carbons (Fsp3) is 0.154. The minimum Gasteiger partial charge on any atom is -0.0919 e. The number of rotatable bonds is 0. The Morgan fingerprint density at radius 2 is 1.12 bits per heavy atom. The van der Waals surface area contributed by atoms with Crippen LogP contribution in [0, 0.1) is 17.3 Å². The lowest BCUT2D eigenvalue weighted by molar-refractivity contribution is 0.571. The van der Waals surface area contributed by atoms with Crippen molar-refractivity contribution >= 4 is 43.1 Å². The van der Waals surface area contributed by atoms with Crippen LogP contribution >= 0.6 is 0 Å². The van der Waals surface area contributed by atoms with E-state index in [1.54, 1.807) is 0 Å². The van der Waals surface area contributed by atoms with E-state index in [1.807, 2.05) is 0 Å². The van der Waals surface area contributed by atoms with E-state index >= 15 is 0 Å². The molecule has 5 aromatic rings. The van der Waals surface area contributed by atoms with Gasteiger partial charge in [0.25, 0.3) is 0 Å². The Bertz CT molecular complexity index is 1300. The van der Waals surface area contributed by atoms with Crippen molar-refractivity contribution in [3.8, 4) is 11.8 Å². The first-order chi connectivity index (χ1) is 12.5. The highest BCUT2D eigenvalue weighted by Gasteiger charge is 2.13. The first-order valence-electron chi connectivity index (χ1n) is 9.14. The first-order valence-corrected chi connectivity index (χ1v) is 9.14. The molecule has 0 unspecified atom stereocenters. The summed E-state index contributed by atoms with van der Waals surface area (Å²) in [4.78, 5) is 0. The summed E-state index contributed by atoms with van der Waals surface area (Å²) < 4.78 is 0. The Labute approximate surface area is 153 Å². The molecule has 0 bridgehead atoms. The normalized spacial score (nSPS) is 12.1. The number of fused-ring (bicyclic) bond motifs is 2. The molecule has 0 fully saturated rings. The Morgan fingerprint density at radius 3 is 1.77 bits per heavy atom. The predicted molar refractivity (Wildman–Crippen MR) is 114 cm³/mol. The second kappa shape index (κ2) is 5.23. The van der Waals surface area contributed by atoms with Crippen molar-refractivity contribution in [1.82, 2.24) is 0 Å². The van der Waals surface area contributed by atoms with Gasteiger partial charge in [0, 0.05) is 11.0 Å². The third kappa shape index (κ3) is 2.18. The predicted octanol–water partition coefficient (Wildman–Crippen LogP) is 7.13. The van der Waals surface area contributed by atoms with Gasteiger partial charge in [0.05, 0.1) is 0 Å². The number of hydrogen-bond acceptors (Lipinski definition) is 0. The zero-order chi connectivity index (χ0) is 17.9. The minimum absolute atomic E-state index is 0.00212. The second-order valence-corrected chi connectivity index (χ2v) is 8.10. The van der Waals surface area contributed by atoms with Gasteiger partial charge in [0.15, 0.2) is 0 Å². The molecule has 0 nitrogen and oxygen atoms in total. The van der Waals surface area contributed by atoms with Crippen LogP contribution in [0.3, 0.4) is 0 Å². The van der Waals surface area contributed by atoms with E-state index in [-0.39, 0.29) is 5.41 Å². The van der Waals surface area contributed by atoms with Crippen LogP contribution in [0.5, 0.6) is 0 Å². The van der Waals surface area contributed by atoms with E-state index in [1.165, 1.54) is 43.1 Å². The molecule has 0 aliphatic carbocycles. The Morgan fingerprint density at radius 1 is 0.577 bits per heavy atom. The number of benzene rings is 5. The van der Waals surface area contributed by atoms with E-state index in [0.717, 1.165) is 5.56 Å². The topological polar surface area (TPSA) is 0 Å².